The summed E-state index contributed by atoms with van der Waals surface area (Å²) in [5.74, 6) is -0.199. The van der Waals surface area contributed by atoms with Crippen LogP contribution in [-0.2, 0) is 9.59 Å². The molecule has 0 aromatic carbocycles. The van der Waals surface area contributed by atoms with Crippen LogP contribution in [0.2, 0.25) is 0 Å². The monoisotopic (exact) mass is 289 g/mol. The molecule has 2 heterocycles. The summed E-state index contributed by atoms with van der Waals surface area (Å²) >= 11 is 0. The number of aromatic nitrogens is 1. The van der Waals surface area contributed by atoms with Gasteiger partial charge >= 0.3 is 0 Å². The van der Waals surface area contributed by atoms with Crippen molar-refractivity contribution in [2.75, 3.05) is 4.90 Å². The van der Waals surface area contributed by atoms with Gasteiger partial charge in [-0.15, -0.1) is 0 Å². The Labute approximate surface area is 125 Å². The van der Waals surface area contributed by atoms with Crippen LogP contribution < -0.4 is 10.2 Å². The molecule has 1 aromatic heterocycles. The topological polar surface area (TPSA) is 62.3 Å². The highest BCUT2D eigenvalue weighted by Crippen LogP contribution is 2.30. The van der Waals surface area contributed by atoms with E-state index in [1.165, 1.54) is 0 Å². The summed E-state index contributed by atoms with van der Waals surface area (Å²) in [6.45, 7) is 11.1. The molecule has 1 aliphatic rings. The standard InChI is InChI=1S/C16H23N3O2/c1-9(2)13-14(20)18-16(5,6)15(21)19(13)12-8-7-10(3)17-11(12)4/h7-9,13H,1-6H3,(H,18,20). The van der Waals surface area contributed by atoms with Crippen LogP contribution in [0, 0.1) is 19.8 Å². The second kappa shape index (κ2) is 5.13. The molecule has 1 unspecified atom stereocenters. The number of aryl methyl sites for hydroxylation is 2. The Morgan fingerprint density at radius 1 is 1.24 bits per heavy atom. The lowest BCUT2D eigenvalue weighted by Crippen LogP contribution is -2.69. The van der Waals surface area contributed by atoms with Gasteiger partial charge in [0.05, 0.1) is 11.4 Å². The zero-order chi connectivity index (χ0) is 15.9. The average molecular weight is 289 g/mol. The number of pyridine rings is 1. The minimum absolute atomic E-state index is 0.0192. The van der Waals surface area contributed by atoms with Crippen LogP contribution in [0.5, 0.6) is 0 Å². The fourth-order valence-electron chi connectivity index (χ4n) is 2.77. The van der Waals surface area contributed by atoms with Crippen LogP contribution in [-0.4, -0.2) is 28.4 Å². The molecule has 2 rings (SSSR count). The highest BCUT2D eigenvalue weighted by molar-refractivity contribution is 6.10. The molecule has 1 fully saturated rings. The molecule has 1 aromatic rings. The number of piperazine rings is 1. The molecule has 21 heavy (non-hydrogen) atoms. The van der Waals surface area contributed by atoms with Gasteiger partial charge in [0.1, 0.15) is 11.6 Å². The highest BCUT2D eigenvalue weighted by Gasteiger charge is 2.47. The van der Waals surface area contributed by atoms with Gasteiger partial charge in [-0.05, 0) is 45.7 Å². The van der Waals surface area contributed by atoms with Gasteiger partial charge in [-0.1, -0.05) is 13.8 Å². The number of anilines is 1. The van der Waals surface area contributed by atoms with Crippen LogP contribution >= 0.6 is 0 Å². The first-order valence-corrected chi connectivity index (χ1v) is 7.25. The summed E-state index contributed by atoms with van der Waals surface area (Å²) in [4.78, 5) is 31.3. The number of nitrogens with one attached hydrogen (secondary N) is 1. The van der Waals surface area contributed by atoms with Crippen LogP contribution in [0.15, 0.2) is 12.1 Å². The molecule has 5 nitrogen and oxygen atoms in total. The summed E-state index contributed by atoms with van der Waals surface area (Å²) in [5.41, 5.74) is 1.47. The number of carbonyl (C=O) groups excluding carboxylic acids is 2. The average Bonchev–Trinajstić information content (AvgIpc) is 2.33. The number of nitrogens with zero attached hydrogens (tertiary/aromatic N) is 2. The van der Waals surface area contributed by atoms with E-state index in [-0.39, 0.29) is 17.7 Å². The van der Waals surface area contributed by atoms with E-state index in [2.05, 4.69) is 10.3 Å². The third kappa shape index (κ3) is 2.64. The SMILES string of the molecule is Cc1ccc(N2C(=O)C(C)(C)NC(=O)C2C(C)C)c(C)n1. The molecule has 1 saturated heterocycles. The molecule has 0 spiro atoms. The molecule has 0 aliphatic carbocycles. The van der Waals surface area contributed by atoms with Gasteiger partial charge in [0.25, 0.3) is 5.91 Å². The maximum Gasteiger partial charge on any atom is 0.252 e. The van der Waals surface area contributed by atoms with E-state index in [1.54, 1.807) is 18.7 Å². The number of hydrogen-bond donors (Lipinski definition) is 1. The Bertz CT molecular complexity index is 593. The maximum atomic E-state index is 12.8. The molecule has 0 saturated carbocycles. The highest BCUT2D eigenvalue weighted by atomic mass is 16.2. The molecule has 0 bridgehead atoms. The number of rotatable bonds is 2. The first-order valence-electron chi connectivity index (χ1n) is 7.25. The van der Waals surface area contributed by atoms with Crippen LogP contribution in [0.1, 0.15) is 39.1 Å². The van der Waals surface area contributed by atoms with Crippen molar-refractivity contribution < 1.29 is 9.59 Å². The van der Waals surface area contributed by atoms with Crippen molar-refractivity contribution in [1.29, 1.82) is 0 Å². The predicted molar refractivity (Wildman–Crippen MR) is 82.0 cm³/mol. The van der Waals surface area contributed by atoms with Crippen molar-refractivity contribution in [2.45, 2.75) is 53.1 Å². The Balaban J connectivity index is 2.58. The maximum absolute atomic E-state index is 12.8. The second-order valence-electron chi connectivity index (χ2n) is 6.54. The first-order chi connectivity index (χ1) is 9.65. The lowest BCUT2D eigenvalue weighted by Gasteiger charge is -2.44. The van der Waals surface area contributed by atoms with E-state index in [4.69, 9.17) is 0 Å². The summed E-state index contributed by atoms with van der Waals surface area (Å²) < 4.78 is 0. The molecule has 5 heteroatoms. The van der Waals surface area contributed by atoms with E-state index in [0.29, 0.717) is 5.69 Å². The summed E-state index contributed by atoms with van der Waals surface area (Å²) in [7, 11) is 0. The third-order valence-electron chi connectivity index (χ3n) is 3.82. The molecule has 0 radical (unpaired) electrons. The normalized spacial score (nSPS) is 21.7. The fourth-order valence-corrected chi connectivity index (χ4v) is 2.77. The van der Waals surface area contributed by atoms with Gasteiger partial charge in [-0.3, -0.25) is 19.5 Å². The summed E-state index contributed by atoms with van der Waals surface area (Å²) in [5, 5.41) is 2.82. The molecule has 1 atom stereocenters. The largest absolute Gasteiger partial charge is 0.340 e. The molecule has 1 N–H and O–H groups in total. The Morgan fingerprint density at radius 2 is 1.86 bits per heavy atom. The van der Waals surface area contributed by atoms with Crippen LogP contribution in [0.25, 0.3) is 0 Å². The first kappa shape index (κ1) is 15.5. The minimum atomic E-state index is -0.903. The van der Waals surface area contributed by atoms with Crippen molar-refractivity contribution in [3.63, 3.8) is 0 Å². The van der Waals surface area contributed by atoms with E-state index in [9.17, 15) is 9.59 Å². The number of carbonyl (C=O) groups is 2. The van der Waals surface area contributed by atoms with Gasteiger partial charge in [0, 0.05) is 5.69 Å². The Hall–Kier alpha value is -1.91. The number of amides is 2. The molecular formula is C16H23N3O2. The summed E-state index contributed by atoms with van der Waals surface area (Å²) in [6, 6.07) is 3.24. The zero-order valence-electron chi connectivity index (χ0n) is 13.5. The van der Waals surface area contributed by atoms with E-state index < -0.39 is 11.6 Å². The van der Waals surface area contributed by atoms with E-state index in [0.717, 1.165) is 11.4 Å². The lowest BCUT2D eigenvalue weighted by atomic mass is 9.90. The van der Waals surface area contributed by atoms with Crippen molar-refractivity contribution in [3.8, 4) is 0 Å². The molecule has 2 amide bonds. The third-order valence-corrected chi connectivity index (χ3v) is 3.82. The van der Waals surface area contributed by atoms with E-state index >= 15 is 0 Å². The fraction of sp³-hybridized carbons (Fsp3) is 0.562. The molecule has 114 valence electrons. The van der Waals surface area contributed by atoms with E-state index in [1.807, 2.05) is 39.8 Å². The van der Waals surface area contributed by atoms with Crippen molar-refractivity contribution >= 4 is 17.5 Å². The van der Waals surface area contributed by atoms with Crippen LogP contribution in [0.3, 0.4) is 0 Å². The van der Waals surface area contributed by atoms with Crippen molar-refractivity contribution in [1.82, 2.24) is 10.3 Å². The predicted octanol–water partition coefficient (Wildman–Crippen LogP) is 1.96. The van der Waals surface area contributed by atoms with Gasteiger partial charge in [0.2, 0.25) is 5.91 Å². The van der Waals surface area contributed by atoms with Gasteiger partial charge in [-0.25, -0.2) is 0 Å². The van der Waals surface area contributed by atoms with Crippen molar-refractivity contribution in [3.05, 3.63) is 23.5 Å². The Morgan fingerprint density at radius 3 is 2.38 bits per heavy atom. The number of hydrogen-bond acceptors (Lipinski definition) is 3. The van der Waals surface area contributed by atoms with Crippen molar-refractivity contribution in [2.24, 2.45) is 5.92 Å². The smallest absolute Gasteiger partial charge is 0.252 e. The Kier molecular flexibility index (Phi) is 3.78. The molecule has 1 aliphatic heterocycles. The minimum Gasteiger partial charge on any atom is -0.340 e. The quantitative estimate of drug-likeness (QED) is 0.905. The van der Waals surface area contributed by atoms with Gasteiger partial charge < -0.3 is 5.32 Å². The van der Waals surface area contributed by atoms with Gasteiger partial charge in [0.15, 0.2) is 0 Å². The van der Waals surface area contributed by atoms with Crippen LogP contribution in [0.4, 0.5) is 5.69 Å². The second-order valence-corrected chi connectivity index (χ2v) is 6.54. The van der Waals surface area contributed by atoms with Gasteiger partial charge in [-0.2, -0.15) is 0 Å². The summed E-state index contributed by atoms with van der Waals surface area (Å²) in [6.07, 6.45) is 0. The zero-order valence-corrected chi connectivity index (χ0v) is 13.5. The lowest BCUT2D eigenvalue weighted by molar-refractivity contribution is -0.138. The molecular weight excluding hydrogens is 266 g/mol.